The van der Waals surface area contributed by atoms with E-state index in [1.165, 1.54) is 0 Å². The number of aliphatic hydroxyl groups excluding tert-OH is 2. The van der Waals surface area contributed by atoms with Gasteiger partial charge >= 0.3 is 0 Å². The molecule has 184 valence electrons. The van der Waals surface area contributed by atoms with E-state index >= 15 is 0 Å². The molecule has 4 rings (SSSR count). The Bertz CT molecular complexity index is 1340. The summed E-state index contributed by atoms with van der Waals surface area (Å²) in [5.41, 5.74) is -4.59. The second-order valence-corrected chi connectivity index (χ2v) is 11.0. The van der Waals surface area contributed by atoms with Crippen molar-refractivity contribution in [2.45, 2.75) is 60.0 Å². The number of phenols is 1. The molecule has 1 aromatic carbocycles. The molecule has 3 aliphatic rings. The third-order valence-electron chi connectivity index (χ3n) is 8.40. The van der Waals surface area contributed by atoms with Crippen LogP contribution in [0.15, 0.2) is 28.7 Å². The second kappa shape index (κ2) is 7.32. The van der Waals surface area contributed by atoms with Crippen molar-refractivity contribution in [1.82, 2.24) is 0 Å². The summed E-state index contributed by atoms with van der Waals surface area (Å²) < 4.78 is 0. The van der Waals surface area contributed by atoms with Crippen LogP contribution in [0, 0.1) is 41.9 Å². The Morgan fingerprint density at radius 1 is 1.20 bits per heavy atom. The highest BCUT2D eigenvalue weighted by atomic mass is 16.3. The molecule has 0 aliphatic heterocycles. The minimum Gasteiger partial charge on any atom is -0.511 e. The molecule has 0 heterocycles. The molecule has 3 aliphatic carbocycles. The van der Waals surface area contributed by atoms with Crippen LogP contribution < -0.4 is 0 Å². The molecule has 0 saturated carbocycles. The Hall–Kier alpha value is -3.37. The van der Waals surface area contributed by atoms with Crippen molar-refractivity contribution in [2.24, 2.45) is 22.7 Å². The standard InChI is InChI=1S/C28H30O7/c1-8-15-9-16-10-26(6)11-27(7)19(12(2)3)22(31)17(14(5)29)24(33)28(27,35)25(34)20(26)23(32)18(16)21(30)13(15)4/h1,9,12,19,30-31,34-35H,10-11H2,2-7H3/t19?,26-,27-,28+/m1/s1. The van der Waals surface area contributed by atoms with Crippen molar-refractivity contribution in [3.05, 3.63) is 51.0 Å². The van der Waals surface area contributed by atoms with Gasteiger partial charge in [-0.2, -0.15) is 0 Å². The summed E-state index contributed by atoms with van der Waals surface area (Å²) in [6.45, 7) is 9.62. The van der Waals surface area contributed by atoms with Gasteiger partial charge in [0.25, 0.3) is 0 Å². The van der Waals surface area contributed by atoms with Crippen LogP contribution in [0.2, 0.25) is 0 Å². The first kappa shape index (κ1) is 24.7. The zero-order chi connectivity index (χ0) is 26.4. The minimum absolute atomic E-state index is 0.0263. The van der Waals surface area contributed by atoms with E-state index in [9.17, 15) is 34.8 Å². The van der Waals surface area contributed by atoms with Gasteiger partial charge in [0.15, 0.2) is 17.2 Å². The third-order valence-corrected chi connectivity index (χ3v) is 8.40. The maximum Gasteiger partial charge on any atom is 0.209 e. The zero-order valence-electron chi connectivity index (χ0n) is 20.7. The van der Waals surface area contributed by atoms with Crippen LogP contribution in [-0.2, 0) is 16.0 Å². The van der Waals surface area contributed by atoms with E-state index in [1.54, 1.807) is 40.7 Å². The van der Waals surface area contributed by atoms with Crippen LogP contribution in [0.1, 0.15) is 68.1 Å². The quantitative estimate of drug-likeness (QED) is 0.377. The molecule has 7 heteroatoms. The molecule has 0 saturated heterocycles. The Morgan fingerprint density at radius 3 is 2.31 bits per heavy atom. The highest BCUT2D eigenvalue weighted by molar-refractivity contribution is 6.25. The van der Waals surface area contributed by atoms with E-state index in [0.29, 0.717) is 16.7 Å². The third kappa shape index (κ3) is 2.80. The summed E-state index contributed by atoms with van der Waals surface area (Å²) >= 11 is 0. The molecule has 0 fully saturated rings. The molecule has 1 unspecified atom stereocenters. The van der Waals surface area contributed by atoms with Crippen molar-refractivity contribution >= 4 is 17.3 Å². The van der Waals surface area contributed by atoms with Gasteiger partial charge in [-0.15, -0.1) is 6.42 Å². The Labute approximate surface area is 204 Å². The fourth-order valence-corrected chi connectivity index (χ4v) is 7.05. The maximum atomic E-state index is 13.8. The summed E-state index contributed by atoms with van der Waals surface area (Å²) in [5, 5.41) is 45.4. The summed E-state index contributed by atoms with van der Waals surface area (Å²) in [6, 6.07) is 1.67. The minimum atomic E-state index is -2.61. The summed E-state index contributed by atoms with van der Waals surface area (Å²) in [4.78, 5) is 39.7. The lowest BCUT2D eigenvalue weighted by atomic mass is 9.44. The topological polar surface area (TPSA) is 132 Å². The van der Waals surface area contributed by atoms with Crippen LogP contribution in [0.25, 0.3) is 0 Å². The van der Waals surface area contributed by atoms with Gasteiger partial charge in [-0.25, -0.2) is 0 Å². The number of fused-ring (bicyclic) bond motifs is 3. The lowest BCUT2D eigenvalue weighted by molar-refractivity contribution is -0.171. The number of carbonyl (C=O) groups is 3. The number of hydrogen-bond donors (Lipinski definition) is 4. The Morgan fingerprint density at radius 2 is 1.80 bits per heavy atom. The summed E-state index contributed by atoms with van der Waals surface area (Å²) in [7, 11) is 0. The van der Waals surface area contributed by atoms with E-state index in [4.69, 9.17) is 6.42 Å². The van der Waals surface area contributed by atoms with Crippen LogP contribution in [-0.4, -0.2) is 43.4 Å². The molecule has 4 N–H and O–H groups in total. The molecule has 4 atom stereocenters. The predicted molar refractivity (Wildman–Crippen MR) is 128 cm³/mol. The predicted octanol–water partition coefficient (Wildman–Crippen LogP) is 3.64. The monoisotopic (exact) mass is 478 g/mol. The van der Waals surface area contributed by atoms with Gasteiger partial charge in [-0.1, -0.05) is 33.6 Å². The van der Waals surface area contributed by atoms with E-state index in [-0.39, 0.29) is 35.6 Å². The zero-order valence-corrected chi connectivity index (χ0v) is 20.7. The molecule has 1 aromatic rings. The van der Waals surface area contributed by atoms with Crippen LogP contribution >= 0.6 is 0 Å². The first-order chi connectivity index (χ1) is 16.1. The fourth-order valence-electron chi connectivity index (χ4n) is 7.05. The molecule has 0 radical (unpaired) electrons. The van der Waals surface area contributed by atoms with E-state index in [1.807, 2.05) is 0 Å². The van der Waals surface area contributed by atoms with Gasteiger partial charge in [0, 0.05) is 33.4 Å². The van der Waals surface area contributed by atoms with Gasteiger partial charge in [0.05, 0.1) is 5.56 Å². The first-order valence-corrected chi connectivity index (χ1v) is 11.6. The largest absolute Gasteiger partial charge is 0.511 e. The number of allylic oxidation sites excluding steroid dienone is 2. The van der Waals surface area contributed by atoms with Crippen molar-refractivity contribution in [3.8, 4) is 18.1 Å². The van der Waals surface area contributed by atoms with Gasteiger partial charge in [-0.3, -0.25) is 14.4 Å². The normalized spacial score (nSPS) is 32.3. The Kier molecular flexibility index (Phi) is 5.17. The molecule has 0 aromatic heterocycles. The number of ketones is 3. The van der Waals surface area contributed by atoms with E-state index in [0.717, 1.165) is 6.92 Å². The lowest BCUT2D eigenvalue weighted by Gasteiger charge is -2.59. The van der Waals surface area contributed by atoms with Crippen LogP contribution in [0.4, 0.5) is 0 Å². The highest BCUT2D eigenvalue weighted by Crippen LogP contribution is 2.65. The van der Waals surface area contributed by atoms with Crippen molar-refractivity contribution < 1.29 is 34.8 Å². The number of aromatic hydroxyl groups is 1. The number of hydrogen-bond acceptors (Lipinski definition) is 7. The molecule has 7 nitrogen and oxygen atoms in total. The number of benzene rings is 1. The highest BCUT2D eigenvalue weighted by Gasteiger charge is 2.71. The van der Waals surface area contributed by atoms with E-state index in [2.05, 4.69) is 5.92 Å². The average Bonchev–Trinajstić information content (AvgIpc) is 2.72. The SMILES string of the molecule is C#Cc1cc2c(c(O)c1C)C(=O)C1=C(O)[C@@]3(O)C(=O)C(C(C)=O)=C(O)C(C(C)C)[C@@]3(C)C[C@@]1(C)C2. The van der Waals surface area contributed by atoms with Gasteiger partial charge in [0.2, 0.25) is 5.78 Å². The van der Waals surface area contributed by atoms with Crippen LogP contribution in [0.5, 0.6) is 5.75 Å². The van der Waals surface area contributed by atoms with Gasteiger partial charge < -0.3 is 20.4 Å². The molecule has 35 heavy (non-hydrogen) atoms. The van der Waals surface area contributed by atoms with Crippen molar-refractivity contribution in [2.75, 3.05) is 0 Å². The van der Waals surface area contributed by atoms with Gasteiger partial charge in [-0.05, 0) is 44.2 Å². The number of carbonyl (C=O) groups excluding carboxylic acids is 3. The molecular weight excluding hydrogens is 448 g/mol. The van der Waals surface area contributed by atoms with Gasteiger partial charge in [0.1, 0.15) is 22.8 Å². The fraction of sp³-hybridized carbons (Fsp3) is 0.464. The van der Waals surface area contributed by atoms with Crippen LogP contribution in [0.3, 0.4) is 0 Å². The molecular formula is C28H30O7. The molecule has 0 amide bonds. The maximum absolute atomic E-state index is 13.8. The Balaban J connectivity index is 2.09. The lowest BCUT2D eigenvalue weighted by Crippen LogP contribution is -2.67. The molecule has 0 spiro atoms. The first-order valence-electron chi connectivity index (χ1n) is 11.6. The number of Topliss-reactive ketones (excluding diaryl/α,β-unsaturated/α-hetero) is 3. The van der Waals surface area contributed by atoms with Crippen molar-refractivity contribution in [1.29, 1.82) is 0 Å². The van der Waals surface area contributed by atoms with Crippen molar-refractivity contribution in [3.63, 3.8) is 0 Å². The number of terminal acetylenes is 1. The number of phenolic OH excluding ortho intramolecular Hbond substituents is 1. The summed E-state index contributed by atoms with van der Waals surface area (Å²) in [5.74, 6) is -2.78. The summed E-state index contributed by atoms with van der Waals surface area (Å²) in [6.07, 6.45) is 5.84. The number of rotatable bonds is 2. The average molecular weight is 479 g/mol. The second-order valence-electron chi connectivity index (χ2n) is 11.0. The number of aliphatic hydroxyl groups is 3. The van der Waals surface area contributed by atoms with E-state index < -0.39 is 56.8 Å². The molecule has 0 bridgehead atoms. The smallest absolute Gasteiger partial charge is 0.209 e.